The van der Waals surface area contributed by atoms with Crippen LogP contribution in [0.2, 0.25) is 0 Å². The van der Waals surface area contributed by atoms with Crippen LogP contribution in [0.4, 0.5) is 5.69 Å². The second-order valence-electron chi connectivity index (χ2n) is 2.74. The number of hydrogen-bond donors (Lipinski definition) is 1. The quantitative estimate of drug-likeness (QED) is 0.619. The Morgan fingerprint density at radius 2 is 2.31 bits per heavy atom. The van der Waals surface area contributed by atoms with Crippen LogP contribution in [0.15, 0.2) is 22.0 Å². The van der Waals surface area contributed by atoms with E-state index in [1.54, 1.807) is 11.3 Å². The minimum absolute atomic E-state index is 0.505. The van der Waals surface area contributed by atoms with Gasteiger partial charge < -0.3 is 5.73 Å². The van der Waals surface area contributed by atoms with Crippen molar-refractivity contribution in [3.63, 3.8) is 0 Å². The average Bonchev–Trinajstić information content (AvgIpc) is 2.60. The first-order valence-electron chi connectivity index (χ1n) is 3.74. The molecule has 0 saturated carbocycles. The fourth-order valence-corrected chi connectivity index (χ4v) is 3.02. The molecule has 0 bridgehead atoms. The predicted octanol–water partition coefficient (Wildman–Crippen LogP) is 3.98. The maximum Gasteiger partial charge on any atom is 0.0583 e. The van der Waals surface area contributed by atoms with E-state index in [4.69, 9.17) is 17.3 Å². The molecule has 0 atom stereocenters. The molecule has 1 heterocycles. The molecular formula is C9H7BrClNS. The Bertz CT molecular complexity index is 452. The van der Waals surface area contributed by atoms with Gasteiger partial charge in [0.05, 0.1) is 9.17 Å². The lowest BCUT2D eigenvalue weighted by Crippen LogP contribution is -1.89. The fraction of sp³-hybridized carbons (Fsp3) is 0.111. The van der Waals surface area contributed by atoms with Crippen molar-refractivity contribution in [2.75, 3.05) is 5.73 Å². The third kappa shape index (κ3) is 1.45. The van der Waals surface area contributed by atoms with Crippen molar-refractivity contribution in [3.05, 3.63) is 27.5 Å². The van der Waals surface area contributed by atoms with Gasteiger partial charge >= 0.3 is 0 Å². The molecule has 1 aromatic heterocycles. The summed E-state index contributed by atoms with van der Waals surface area (Å²) in [5.74, 6) is 0.505. The van der Waals surface area contributed by atoms with Crippen LogP contribution in [-0.4, -0.2) is 0 Å². The maximum atomic E-state index is 5.82. The van der Waals surface area contributed by atoms with Gasteiger partial charge in [-0.3, -0.25) is 0 Å². The largest absolute Gasteiger partial charge is 0.398 e. The van der Waals surface area contributed by atoms with Gasteiger partial charge in [-0.15, -0.1) is 22.9 Å². The van der Waals surface area contributed by atoms with Crippen LogP contribution in [0, 0.1) is 0 Å². The summed E-state index contributed by atoms with van der Waals surface area (Å²) in [5.41, 5.74) is 7.67. The summed E-state index contributed by atoms with van der Waals surface area (Å²) in [6, 6.07) is 3.99. The summed E-state index contributed by atoms with van der Waals surface area (Å²) in [4.78, 5) is 0. The van der Waals surface area contributed by atoms with Crippen molar-refractivity contribution in [1.29, 1.82) is 0 Å². The van der Waals surface area contributed by atoms with E-state index in [1.807, 2.05) is 11.4 Å². The fourth-order valence-electron chi connectivity index (χ4n) is 1.30. The number of halogens is 2. The van der Waals surface area contributed by atoms with Crippen molar-refractivity contribution in [2.45, 2.75) is 5.88 Å². The summed E-state index contributed by atoms with van der Waals surface area (Å²) in [6.07, 6.45) is 0. The highest BCUT2D eigenvalue weighted by Gasteiger charge is 2.08. The van der Waals surface area contributed by atoms with E-state index in [0.29, 0.717) is 5.88 Å². The summed E-state index contributed by atoms with van der Waals surface area (Å²) in [6.45, 7) is 0. The molecule has 68 valence electrons. The normalized spacial score (nSPS) is 10.9. The van der Waals surface area contributed by atoms with E-state index >= 15 is 0 Å². The van der Waals surface area contributed by atoms with Gasteiger partial charge in [-0.05, 0) is 44.4 Å². The molecule has 2 aromatic rings. The van der Waals surface area contributed by atoms with Crippen molar-refractivity contribution in [3.8, 4) is 0 Å². The Kier molecular flexibility index (Phi) is 2.49. The zero-order valence-corrected chi connectivity index (χ0v) is 9.84. The Morgan fingerprint density at radius 1 is 1.54 bits per heavy atom. The summed E-state index contributed by atoms with van der Waals surface area (Å²) >= 11 is 11.0. The number of benzene rings is 1. The van der Waals surface area contributed by atoms with E-state index < -0.39 is 0 Å². The molecule has 2 rings (SSSR count). The molecule has 0 saturated heterocycles. The zero-order chi connectivity index (χ0) is 9.42. The monoisotopic (exact) mass is 275 g/mol. The second-order valence-corrected chi connectivity index (χ2v) is 4.71. The molecule has 0 spiro atoms. The first-order chi connectivity index (χ1) is 6.24. The SMILES string of the molecule is Nc1cc(CCl)c2ccsc2c1Br. The molecule has 2 N–H and O–H groups in total. The maximum absolute atomic E-state index is 5.82. The van der Waals surface area contributed by atoms with E-state index in [2.05, 4.69) is 22.0 Å². The first kappa shape index (κ1) is 9.31. The van der Waals surface area contributed by atoms with Crippen LogP contribution >= 0.6 is 38.9 Å². The smallest absolute Gasteiger partial charge is 0.0583 e. The van der Waals surface area contributed by atoms with Crippen molar-refractivity contribution in [1.82, 2.24) is 0 Å². The molecule has 1 nitrogen and oxygen atoms in total. The lowest BCUT2D eigenvalue weighted by Gasteiger charge is -2.04. The van der Waals surface area contributed by atoms with Gasteiger partial charge in [0, 0.05) is 11.6 Å². The van der Waals surface area contributed by atoms with E-state index in [0.717, 1.165) is 15.7 Å². The first-order valence-corrected chi connectivity index (χ1v) is 5.94. The van der Waals surface area contributed by atoms with Gasteiger partial charge in [-0.1, -0.05) is 0 Å². The number of hydrogen-bond acceptors (Lipinski definition) is 2. The van der Waals surface area contributed by atoms with E-state index in [-0.39, 0.29) is 0 Å². The minimum atomic E-state index is 0.505. The predicted molar refractivity (Wildman–Crippen MR) is 63.5 cm³/mol. The second kappa shape index (κ2) is 3.48. The van der Waals surface area contributed by atoms with Crippen LogP contribution in [0.3, 0.4) is 0 Å². The third-order valence-electron chi connectivity index (χ3n) is 1.94. The number of thiophene rings is 1. The van der Waals surface area contributed by atoms with E-state index in [1.165, 1.54) is 10.1 Å². The lowest BCUT2D eigenvalue weighted by atomic mass is 10.1. The third-order valence-corrected chi connectivity index (χ3v) is 4.27. The Labute approximate surface area is 93.6 Å². The Morgan fingerprint density at radius 3 is 3.00 bits per heavy atom. The molecule has 4 heteroatoms. The molecule has 0 unspecified atom stereocenters. The minimum Gasteiger partial charge on any atom is -0.398 e. The molecule has 0 aliphatic carbocycles. The van der Waals surface area contributed by atoms with Gasteiger partial charge in [0.2, 0.25) is 0 Å². The number of nitrogen functional groups attached to an aromatic ring is 1. The summed E-state index contributed by atoms with van der Waals surface area (Å²) < 4.78 is 2.15. The van der Waals surface area contributed by atoms with E-state index in [9.17, 15) is 0 Å². The Balaban J connectivity index is 2.87. The molecular weight excluding hydrogens is 270 g/mol. The standard InChI is InChI=1S/C9H7BrClNS/c10-8-7(12)3-5(4-11)6-1-2-13-9(6)8/h1-3H,4,12H2. The number of rotatable bonds is 1. The molecule has 0 radical (unpaired) electrons. The average molecular weight is 277 g/mol. The van der Waals surface area contributed by atoms with Crippen molar-refractivity contribution >= 4 is 54.6 Å². The topological polar surface area (TPSA) is 26.0 Å². The van der Waals surface area contributed by atoms with Gasteiger partial charge in [0.25, 0.3) is 0 Å². The molecule has 0 aliphatic rings. The summed E-state index contributed by atoms with van der Waals surface area (Å²) in [5, 5.41) is 3.24. The zero-order valence-electron chi connectivity index (χ0n) is 6.68. The number of alkyl halides is 1. The Hall–Kier alpha value is -0.250. The molecule has 1 aromatic carbocycles. The van der Waals surface area contributed by atoms with Crippen LogP contribution in [-0.2, 0) is 5.88 Å². The van der Waals surface area contributed by atoms with Crippen LogP contribution in [0.5, 0.6) is 0 Å². The van der Waals surface area contributed by atoms with Crippen LogP contribution in [0.1, 0.15) is 5.56 Å². The highest BCUT2D eigenvalue weighted by molar-refractivity contribution is 9.10. The van der Waals surface area contributed by atoms with Gasteiger partial charge in [-0.25, -0.2) is 0 Å². The van der Waals surface area contributed by atoms with Gasteiger partial charge in [-0.2, -0.15) is 0 Å². The van der Waals surface area contributed by atoms with Gasteiger partial charge in [0.15, 0.2) is 0 Å². The number of anilines is 1. The van der Waals surface area contributed by atoms with Gasteiger partial charge in [0.1, 0.15) is 0 Å². The number of nitrogens with two attached hydrogens (primary N) is 1. The summed E-state index contributed by atoms with van der Waals surface area (Å²) in [7, 11) is 0. The molecule has 0 fully saturated rings. The molecule has 0 aliphatic heterocycles. The lowest BCUT2D eigenvalue weighted by molar-refractivity contribution is 1.46. The molecule has 0 amide bonds. The number of fused-ring (bicyclic) bond motifs is 1. The highest BCUT2D eigenvalue weighted by atomic mass is 79.9. The van der Waals surface area contributed by atoms with Crippen LogP contribution < -0.4 is 5.73 Å². The van der Waals surface area contributed by atoms with Crippen molar-refractivity contribution < 1.29 is 0 Å². The van der Waals surface area contributed by atoms with Crippen molar-refractivity contribution in [2.24, 2.45) is 0 Å². The van der Waals surface area contributed by atoms with Crippen LogP contribution in [0.25, 0.3) is 10.1 Å². The molecule has 13 heavy (non-hydrogen) atoms. The highest BCUT2D eigenvalue weighted by Crippen LogP contribution is 2.36.